The summed E-state index contributed by atoms with van der Waals surface area (Å²) in [6.45, 7) is 3.48. The summed E-state index contributed by atoms with van der Waals surface area (Å²) in [7, 11) is -3.86. The molecule has 144 valence electrons. The zero-order chi connectivity index (χ0) is 20.3. The molecule has 3 rings (SSSR count). The number of hydrogen-bond acceptors (Lipinski definition) is 3. The summed E-state index contributed by atoms with van der Waals surface area (Å²) < 4.78 is 41.4. The Morgan fingerprint density at radius 3 is 2.36 bits per heavy atom. The maximum Gasteiger partial charge on any atom is 0.261 e. The summed E-state index contributed by atoms with van der Waals surface area (Å²) >= 11 is 0. The Morgan fingerprint density at radius 1 is 0.893 bits per heavy atom. The monoisotopic (exact) mass is 398 g/mol. The highest BCUT2D eigenvalue weighted by Gasteiger charge is 2.17. The molecule has 0 heterocycles. The molecule has 5 nitrogen and oxygen atoms in total. The molecule has 28 heavy (non-hydrogen) atoms. The molecule has 1 amide bonds. The van der Waals surface area contributed by atoms with Gasteiger partial charge in [-0.2, -0.15) is 0 Å². The van der Waals surface area contributed by atoms with Crippen molar-refractivity contribution in [3.8, 4) is 0 Å². The van der Waals surface area contributed by atoms with Crippen LogP contribution < -0.4 is 10.0 Å². The highest BCUT2D eigenvalue weighted by Crippen LogP contribution is 2.19. The van der Waals surface area contributed by atoms with Crippen LogP contribution in [0.2, 0.25) is 0 Å². The van der Waals surface area contributed by atoms with Crippen LogP contribution >= 0.6 is 0 Å². The van der Waals surface area contributed by atoms with E-state index in [0.717, 1.165) is 5.56 Å². The molecular weight excluding hydrogens is 379 g/mol. The van der Waals surface area contributed by atoms with Crippen LogP contribution in [0.5, 0.6) is 0 Å². The Hall–Kier alpha value is -3.19. The normalized spacial score (nSPS) is 11.1. The number of hydrogen-bond donors (Lipinski definition) is 2. The molecule has 0 unspecified atom stereocenters. The molecule has 0 saturated heterocycles. The van der Waals surface area contributed by atoms with Gasteiger partial charge in [0, 0.05) is 16.9 Å². The van der Waals surface area contributed by atoms with Crippen LogP contribution in [-0.4, -0.2) is 14.3 Å². The van der Waals surface area contributed by atoms with Crippen LogP contribution in [0.4, 0.5) is 15.8 Å². The van der Waals surface area contributed by atoms with Crippen molar-refractivity contribution in [2.24, 2.45) is 0 Å². The van der Waals surface area contributed by atoms with E-state index in [-0.39, 0.29) is 10.5 Å². The minimum atomic E-state index is -3.86. The lowest BCUT2D eigenvalue weighted by molar-refractivity contribution is 0.102. The fourth-order valence-electron chi connectivity index (χ4n) is 2.60. The number of anilines is 2. The van der Waals surface area contributed by atoms with E-state index < -0.39 is 21.7 Å². The van der Waals surface area contributed by atoms with Crippen molar-refractivity contribution in [1.82, 2.24) is 0 Å². The average Bonchev–Trinajstić information content (AvgIpc) is 2.64. The van der Waals surface area contributed by atoms with Crippen LogP contribution in [0.25, 0.3) is 0 Å². The number of nitrogens with one attached hydrogen (secondary N) is 2. The Balaban J connectivity index is 1.82. The molecule has 3 aromatic rings. The van der Waals surface area contributed by atoms with Crippen LogP contribution in [0, 0.1) is 19.7 Å². The van der Waals surface area contributed by atoms with Crippen molar-refractivity contribution in [1.29, 1.82) is 0 Å². The summed E-state index contributed by atoms with van der Waals surface area (Å²) in [6.07, 6.45) is 0. The predicted octanol–water partition coefficient (Wildman–Crippen LogP) is 4.50. The maximum absolute atomic E-state index is 13.6. The molecule has 2 N–H and O–H groups in total. The SMILES string of the molecule is Cc1cccc(NS(=O)(=O)c2cccc(C(=O)Nc3ccc(C)c(F)c3)c2)c1. The number of carbonyl (C=O) groups is 1. The average molecular weight is 398 g/mol. The van der Waals surface area contributed by atoms with Gasteiger partial charge in [0.15, 0.2) is 0 Å². The van der Waals surface area contributed by atoms with E-state index in [4.69, 9.17) is 0 Å². The lowest BCUT2D eigenvalue weighted by Crippen LogP contribution is -2.16. The number of rotatable bonds is 5. The number of aryl methyl sites for hydroxylation is 2. The molecule has 7 heteroatoms. The van der Waals surface area contributed by atoms with Gasteiger partial charge in [-0.25, -0.2) is 12.8 Å². The van der Waals surface area contributed by atoms with Gasteiger partial charge in [0.1, 0.15) is 5.82 Å². The maximum atomic E-state index is 13.6. The first-order valence-corrected chi connectivity index (χ1v) is 10.00. The van der Waals surface area contributed by atoms with Gasteiger partial charge in [-0.15, -0.1) is 0 Å². The summed E-state index contributed by atoms with van der Waals surface area (Å²) in [5, 5.41) is 2.57. The zero-order valence-corrected chi connectivity index (χ0v) is 16.2. The van der Waals surface area contributed by atoms with Gasteiger partial charge in [0.2, 0.25) is 0 Å². The molecule has 0 aliphatic heterocycles. The predicted molar refractivity (Wildman–Crippen MR) is 108 cm³/mol. The van der Waals surface area contributed by atoms with Crippen LogP contribution in [-0.2, 0) is 10.0 Å². The van der Waals surface area contributed by atoms with Gasteiger partial charge in [0.25, 0.3) is 15.9 Å². The molecule has 0 radical (unpaired) electrons. The van der Waals surface area contributed by atoms with Gasteiger partial charge in [-0.05, 0) is 67.4 Å². The van der Waals surface area contributed by atoms with Gasteiger partial charge in [-0.3, -0.25) is 9.52 Å². The van der Waals surface area contributed by atoms with Crippen molar-refractivity contribution in [2.75, 3.05) is 10.0 Å². The van der Waals surface area contributed by atoms with Crippen LogP contribution in [0.3, 0.4) is 0 Å². The fraction of sp³-hybridized carbons (Fsp3) is 0.0952. The number of halogens is 1. The van der Waals surface area contributed by atoms with E-state index in [1.165, 1.54) is 30.3 Å². The van der Waals surface area contributed by atoms with Crippen molar-refractivity contribution in [3.05, 3.63) is 89.2 Å². The Kier molecular flexibility index (Phi) is 5.46. The molecule has 0 atom stereocenters. The number of carbonyl (C=O) groups excluding carboxylic acids is 1. The standard InChI is InChI=1S/C21H19FN2O3S/c1-14-5-3-7-18(11-14)24-28(26,27)19-8-4-6-16(12-19)21(25)23-17-10-9-15(2)20(22)13-17/h3-13,24H,1-2H3,(H,23,25). The smallest absolute Gasteiger partial charge is 0.261 e. The molecule has 3 aromatic carbocycles. The minimum absolute atomic E-state index is 0.0447. The molecular formula is C21H19FN2O3S. The molecule has 0 aliphatic carbocycles. The van der Waals surface area contributed by atoms with Gasteiger partial charge < -0.3 is 5.32 Å². The molecule has 0 spiro atoms. The minimum Gasteiger partial charge on any atom is -0.322 e. The first-order valence-electron chi connectivity index (χ1n) is 8.52. The first kappa shape index (κ1) is 19.6. The zero-order valence-electron chi connectivity index (χ0n) is 15.4. The van der Waals surface area contributed by atoms with E-state index in [2.05, 4.69) is 10.0 Å². The van der Waals surface area contributed by atoms with E-state index in [1.807, 2.05) is 13.0 Å². The van der Waals surface area contributed by atoms with Crippen molar-refractivity contribution >= 4 is 27.3 Å². The second kappa shape index (κ2) is 7.82. The van der Waals surface area contributed by atoms with E-state index in [1.54, 1.807) is 37.3 Å². The summed E-state index contributed by atoms with van der Waals surface area (Å²) in [4.78, 5) is 12.4. The highest BCUT2D eigenvalue weighted by molar-refractivity contribution is 7.92. The third kappa shape index (κ3) is 4.55. The fourth-order valence-corrected chi connectivity index (χ4v) is 3.70. The molecule has 0 aliphatic rings. The topological polar surface area (TPSA) is 75.3 Å². The highest BCUT2D eigenvalue weighted by atomic mass is 32.2. The molecule has 0 saturated carbocycles. The lowest BCUT2D eigenvalue weighted by Gasteiger charge is -2.10. The quantitative estimate of drug-likeness (QED) is 0.665. The van der Waals surface area contributed by atoms with E-state index in [9.17, 15) is 17.6 Å². The molecule has 0 bridgehead atoms. The second-order valence-corrected chi connectivity index (χ2v) is 8.10. The Bertz CT molecular complexity index is 1140. The Labute approximate surface area is 163 Å². The number of sulfonamides is 1. The van der Waals surface area contributed by atoms with Crippen molar-refractivity contribution in [3.63, 3.8) is 0 Å². The summed E-state index contributed by atoms with van der Waals surface area (Å²) in [6, 6.07) is 17.0. The van der Waals surface area contributed by atoms with Crippen LogP contribution in [0.15, 0.2) is 71.6 Å². The second-order valence-electron chi connectivity index (χ2n) is 6.42. The molecule has 0 fully saturated rings. The Morgan fingerprint density at radius 2 is 1.64 bits per heavy atom. The largest absolute Gasteiger partial charge is 0.322 e. The summed E-state index contributed by atoms with van der Waals surface area (Å²) in [5.74, 6) is -0.965. The number of benzene rings is 3. The molecule has 0 aromatic heterocycles. The van der Waals surface area contributed by atoms with Gasteiger partial charge in [-0.1, -0.05) is 24.3 Å². The summed E-state index contributed by atoms with van der Waals surface area (Å²) in [5.41, 5.74) is 2.25. The van der Waals surface area contributed by atoms with Gasteiger partial charge >= 0.3 is 0 Å². The van der Waals surface area contributed by atoms with Crippen molar-refractivity contribution < 1.29 is 17.6 Å². The van der Waals surface area contributed by atoms with E-state index in [0.29, 0.717) is 16.9 Å². The third-order valence-electron chi connectivity index (χ3n) is 4.11. The van der Waals surface area contributed by atoms with Crippen LogP contribution in [0.1, 0.15) is 21.5 Å². The lowest BCUT2D eigenvalue weighted by atomic mass is 10.2. The first-order chi connectivity index (χ1) is 13.2. The van der Waals surface area contributed by atoms with Gasteiger partial charge in [0.05, 0.1) is 4.90 Å². The van der Waals surface area contributed by atoms with Crippen molar-refractivity contribution in [2.45, 2.75) is 18.7 Å². The van der Waals surface area contributed by atoms with E-state index >= 15 is 0 Å². The number of amides is 1. The third-order valence-corrected chi connectivity index (χ3v) is 5.49.